The molecule has 0 bridgehead atoms. The van der Waals surface area contributed by atoms with Crippen LogP contribution in [0, 0.1) is 0 Å². The highest BCUT2D eigenvalue weighted by molar-refractivity contribution is 7.47. The van der Waals surface area contributed by atoms with Crippen molar-refractivity contribution in [3.8, 4) is 11.5 Å². The number of rotatable bonds is 10. The molecule has 4 N–H and O–H groups in total. The Morgan fingerprint density at radius 2 is 1.86 bits per heavy atom. The molecule has 11 heteroatoms. The summed E-state index contributed by atoms with van der Waals surface area (Å²) in [5, 5.41) is 0. The number of benzene rings is 1. The van der Waals surface area contributed by atoms with E-state index in [1.54, 1.807) is 6.07 Å². The molecule has 0 saturated heterocycles. The Kier molecular flexibility index (Phi) is 7.88. The number of hydrogen-bond acceptors (Lipinski definition) is 5. The second kappa shape index (κ2) is 9.55. The summed E-state index contributed by atoms with van der Waals surface area (Å²) < 4.78 is 31.9. The molecule has 1 aromatic carbocycles. The van der Waals surface area contributed by atoms with E-state index >= 15 is 0 Å². The molecule has 0 fully saturated rings. The number of phosphoric acid groups is 2. The van der Waals surface area contributed by atoms with Crippen LogP contribution in [0.5, 0.6) is 11.5 Å². The van der Waals surface area contributed by atoms with Gasteiger partial charge in [-0.25, -0.2) is 9.13 Å². The van der Waals surface area contributed by atoms with Gasteiger partial charge >= 0.3 is 15.6 Å². The maximum atomic E-state index is 11.4. The van der Waals surface area contributed by atoms with Crippen molar-refractivity contribution < 1.29 is 37.8 Å². The van der Waals surface area contributed by atoms with Crippen LogP contribution in [-0.2, 0) is 22.0 Å². The maximum absolute atomic E-state index is 11.4. The van der Waals surface area contributed by atoms with Gasteiger partial charge in [-0.05, 0) is 50.3 Å². The molecule has 0 spiro atoms. The van der Waals surface area contributed by atoms with Crippen molar-refractivity contribution in [3.63, 3.8) is 0 Å². The van der Waals surface area contributed by atoms with Crippen LogP contribution >= 0.6 is 15.6 Å². The normalized spacial score (nSPS) is 17.3. The van der Waals surface area contributed by atoms with E-state index in [1.807, 2.05) is 6.08 Å². The molecule has 9 nitrogen and oxygen atoms in total. The van der Waals surface area contributed by atoms with Gasteiger partial charge in [0, 0.05) is 18.2 Å². The van der Waals surface area contributed by atoms with E-state index in [4.69, 9.17) is 14.3 Å². The Labute approximate surface area is 164 Å². The molecule has 2 rings (SSSR count). The van der Waals surface area contributed by atoms with E-state index in [9.17, 15) is 18.9 Å². The van der Waals surface area contributed by atoms with Gasteiger partial charge < -0.3 is 9.05 Å². The lowest BCUT2D eigenvalue weighted by atomic mass is 9.86. The molecule has 0 unspecified atom stereocenters. The number of nitrogens with zero attached hydrogens (tertiary/aromatic N) is 1. The Morgan fingerprint density at radius 3 is 2.43 bits per heavy atom. The van der Waals surface area contributed by atoms with E-state index in [1.165, 1.54) is 6.07 Å². The highest BCUT2D eigenvalue weighted by atomic mass is 31.2. The predicted octanol–water partition coefficient (Wildman–Crippen LogP) is 2.78. The summed E-state index contributed by atoms with van der Waals surface area (Å²) in [4.78, 5) is 39.0. The predicted molar refractivity (Wildman–Crippen MR) is 104 cm³/mol. The van der Waals surface area contributed by atoms with E-state index in [0.29, 0.717) is 18.4 Å². The first-order chi connectivity index (χ1) is 13.0. The van der Waals surface area contributed by atoms with Gasteiger partial charge in [-0.2, -0.15) is 0 Å². The fourth-order valence-electron chi connectivity index (χ4n) is 3.53. The smallest absolute Gasteiger partial charge is 0.400 e. The van der Waals surface area contributed by atoms with Crippen LogP contribution in [0.2, 0.25) is 0 Å². The summed E-state index contributed by atoms with van der Waals surface area (Å²) >= 11 is 0. The molecular weight excluding hydrogens is 408 g/mol. The first-order valence-electron chi connectivity index (χ1n) is 9.04. The van der Waals surface area contributed by atoms with Gasteiger partial charge in [0.2, 0.25) is 0 Å². The van der Waals surface area contributed by atoms with Crippen molar-refractivity contribution >= 4 is 15.6 Å². The highest BCUT2D eigenvalue weighted by Crippen LogP contribution is 2.50. The standard InChI is InChI=1S/C17H27NO8P2/c1-3-5-11-18(10-4-2)14-7-8-15-13(12-14)6-9-16(25-27(19,20)21)17(15)26-28(22,23)24/h3,6,9,14H,1,4-5,7-8,10-12H2,2H3,(H2,19,20,21)(H2,22,23,24)/t14-/m0/s1. The van der Waals surface area contributed by atoms with Crippen molar-refractivity contribution in [1.29, 1.82) is 0 Å². The molecule has 0 radical (unpaired) electrons. The number of hydrogen-bond donors (Lipinski definition) is 4. The summed E-state index contributed by atoms with van der Waals surface area (Å²) in [5.74, 6) is -0.688. The van der Waals surface area contributed by atoms with Crippen LogP contribution < -0.4 is 9.05 Å². The number of fused-ring (bicyclic) bond motifs is 1. The number of phosphoric ester groups is 2. The fourth-order valence-corrected chi connectivity index (χ4v) is 4.37. The second-order valence-corrected chi connectivity index (χ2v) is 9.03. The zero-order valence-electron chi connectivity index (χ0n) is 15.7. The Balaban J connectivity index is 2.36. The van der Waals surface area contributed by atoms with Crippen LogP contribution in [-0.4, -0.2) is 43.6 Å². The van der Waals surface area contributed by atoms with Crippen molar-refractivity contribution in [2.75, 3.05) is 13.1 Å². The molecule has 0 aromatic heterocycles. The quantitative estimate of drug-likeness (QED) is 0.323. The van der Waals surface area contributed by atoms with Gasteiger partial charge in [0.25, 0.3) is 0 Å². The summed E-state index contributed by atoms with van der Waals surface area (Å²) in [5.41, 5.74) is 1.32. The first kappa shape index (κ1) is 23.1. The zero-order chi connectivity index (χ0) is 20.9. The van der Waals surface area contributed by atoms with Crippen LogP contribution in [0.15, 0.2) is 24.8 Å². The van der Waals surface area contributed by atoms with Gasteiger partial charge in [0.15, 0.2) is 11.5 Å². The third-order valence-electron chi connectivity index (χ3n) is 4.58. The maximum Gasteiger partial charge on any atom is 0.524 e. The summed E-state index contributed by atoms with van der Waals surface area (Å²) in [6, 6.07) is 3.19. The third kappa shape index (κ3) is 6.71. The third-order valence-corrected chi connectivity index (χ3v) is 5.43. The Morgan fingerprint density at radius 1 is 1.18 bits per heavy atom. The molecule has 0 amide bonds. The summed E-state index contributed by atoms with van der Waals surface area (Å²) in [6.45, 7) is 7.68. The highest BCUT2D eigenvalue weighted by Gasteiger charge is 2.31. The van der Waals surface area contributed by atoms with Gasteiger partial charge in [-0.15, -0.1) is 6.58 Å². The fraction of sp³-hybridized carbons (Fsp3) is 0.529. The van der Waals surface area contributed by atoms with E-state index in [2.05, 4.69) is 22.9 Å². The van der Waals surface area contributed by atoms with E-state index < -0.39 is 15.6 Å². The molecule has 1 aliphatic rings. The summed E-state index contributed by atoms with van der Waals surface area (Å²) in [7, 11) is -9.86. The molecular formula is C17H27NO8P2. The minimum absolute atomic E-state index is 0.254. The first-order valence-corrected chi connectivity index (χ1v) is 12.1. The average molecular weight is 435 g/mol. The lowest BCUT2D eigenvalue weighted by Crippen LogP contribution is -2.40. The van der Waals surface area contributed by atoms with E-state index in [0.717, 1.165) is 37.9 Å². The molecule has 1 atom stereocenters. The van der Waals surface area contributed by atoms with Crippen molar-refractivity contribution in [2.24, 2.45) is 0 Å². The minimum Gasteiger partial charge on any atom is -0.400 e. The van der Waals surface area contributed by atoms with Gasteiger partial charge in [-0.3, -0.25) is 24.5 Å². The zero-order valence-corrected chi connectivity index (χ0v) is 17.5. The topological polar surface area (TPSA) is 137 Å². The average Bonchev–Trinajstić information content (AvgIpc) is 2.58. The molecule has 0 saturated carbocycles. The SMILES string of the molecule is C=CCCN(CCC)[C@H]1CCc2c(ccc(OP(=O)(O)O)c2OP(=O)(O)O)C1. The van der Waals surface area contributed by atoms with Crippen molar-refractivity contribution in [1.82, 2.24) is 4.90 Å². The van der Waals surface area contributed by atoms with Crippen LogP contribution in [0.3, 0.4) is 0 Å². The summed E-state index contributed by atoms with van der Waals surface area (Å²) in [6.07, 6.45) is 5.55. The molecule has 28 heavy (non-hydrogen) atoms. The lowest BCUT2D eigenvalue weighted by Gasteiger charge is -2.35. The van der Waals surface area contributed by atoms with Crippen molar-refractivity contribution in [3.05, 3.63) is 35.9 Å². The Bertz CT molecular complexity index is 788. The van der Waals surface area contributed by atoms with Crippen LogP contribution in [0.1, 0.15) is 37.3 Å². The van der Waals surface area contributed by atoms with E-state index in [-0.39, 0.29) is 17.5 Å². The molecule has 0 heterocycles. The molecule has 1 aliphatic carbocycles. The van der Waals surface area contributed by atoms with Crippen LogP contribution in [0.25, 0.3) is 0 Å². The lowest BCUT2D eigenvalue weighted by molar-refractivity contribution is 0.182. The minimum atomic E-state index is -4.94. The van der Waals surface area contributed by atoms with Gasteiger partial charge in [0.05, 0.1) is 0 Å². The van der Waals surface area contributed by atoms with Gasteiger partial charge in [0.1, 0.15) is 0 Å². The second-order valence-electron chi connectivity index (χ2n) is 6.70. The van der Waals surface area contributed by atoms with Gasteiger partial charge in [-0.1, -0.05) is 19.1 Å². The molecule has 1 aromatic rings. The largest absolute Gasteiger partial charge is 0.524 e. The molecule has 158 valence electrons. The Hall–Kier alpha value is -1.18. The monoisotopic (exact) mass is 435 g/mol. The van der Waals surface area contributed by atoms with Crippen molar-refractivity contribution in [2.45, 2.75) is 45.1 Å². The van der Waals surface area contributed by atoms with Crippen LogP contribution in [0.4, 0.5) is 0 Å². The molecule has 0 aliphatic heterocycles.